The quantitative estimate of drug-likeness (QED) is 0.631. The summed E-state index contributed by atoms with van der Waals surface area (Å²) in [7, 11) is 1.59. The Kier molecular flexibility index (Phi) is 7.16. The number of carbonyl (C=O) groups is 1. The molecule has 2 N–H and O–H groups in total. The fraction of sp³-hybridized carbons (Fsp3) is 0.556. The van der Waals surface area contributed by atoms with Gasteiger partial charge < -0.3 is 15.5 Å². The number of nitrogens with one attached hydrogen (secondary N) is 2. The van der Waals surface area contributed by atoms with Crippen LogP contribution in [0.2, 0.25) is 0 Å². The molecule has 0 radical (unpaired) electrons. The Hall–Kier alpha value is -2.18. The van der Waals surface area contributed by atoms with Crippen molar-refractivity contribution in [2.75, 3.05) is 26.7 Å². The van der Waals surface area contributed by atoms with Crippen molar-refractivity contribution in [3.8, 4) is 0 Å². The van der Waals surface area contributed by atoms with Gasteiger partial charge in [-0.3, -0.25) is 9.79 Å². The van der Waals surface area contributed by atoms with Gasteiger partial charge >= 0.3 is 0 Å². The van der Waals surface area contributed by atoms with Crippen molar-refractivity contribution in [1.82, 2.24) is 15.5 Å². The summed E-state index contributed by atoms with van der Waals surface area (Å²) in [6, 6.07) is 3.33. The first kappa shape index (κ1) is 19.1. The Morgan fingerprint density at radius 1 is 1.36 bits per heavy atom. The Morgan fingerprint density at radius 3 is 2.88 bits per heavy atom. The number of rotatable bonds is 5. The fourth-order valence-corrected chi connectivity index (χ4v) is 2.94. The molecule has 1 aromatic rings. The molecule has 1 aliphatic rings. The standard InChI is InChI=1S/C18H26F2N4O/c1-13-4-3-9-24(12-13)17(25)7-8-22-18(21-2)23-11-14-10-15(19)5-6-16(14)20/h5-6,10,13H,3-4,7-9,11-12H2,1-2H3,(H2,21,22,23). The summed E-state index contributed by atoms with van der Waals surface area (Å²) in [5.74, 6) is 0.177. The first-order chi connectivity index (χ1) is 12.0. The van der Waals surface area contributed by atoms with Crippen LogP contribution in [0.25, 0.3) is 0 Å². The zero-order valence-electron chi connectivity index (χ0n) is 14.8. The van der Waals surface area contributed by atoms with E-state index in [9.17, 15) is 13.6 Å². The predicted molar refractivity (Wildman–Crippen MR) is 94.2 cm³/mol. The van der Waals surface area contributed by atoms with Gasteiger partial charge in [-0.1, -0.05) is 6.92 Å². The highest BCUT2D eigenvalue weighted by Crippen LogP contribution is 2.15. The number of guanidine groups is 1. The highest BCUT2D eigenvalue weighted by Gasteiger charge is 2.20. The number of hydrogen-bond donors (Lipinski definition) is 2. The van der Waals surface area contributed by atoms with Crippen molar-refractivity contribution in [3.63, 3.8) is 0 Å². The van der Waals surface area contributed by atoms with Crippen molar-refractivity contribution in [2.45, 2.75) is 32.7 Å². The summed E-state index contributed by atoms with van der Waals surface area (Å²) in [6.45, 7) is 4.37. The minimum absolute atomic E-state index is 0.112. The van der Waals surface area contributed by atoms with Crippen molar-refractivity contribution in [3.05, 3.63) is 35.4 Å². The van der Waals surface area contributed by atoms with E-state index in [-0.39, 0.29) is 18.0 Å². The van der Waals surface area contributed by atoms with Gasteiger partial charge in [0.1, 0.15) is 11.6 Å². The molecule has 7 heteroatoms. The van der Waals surface area contributed by atoms with Crippen molar-refractivity contribution < 1.29 is 13.6 Å². The third kappa shape index (κ3) is 5.99. The lowest BCUT2D eigenvalue weighted by Crippen LogP contribution is -2.42. The summed E-state index contributed by atoms with van der Waals surface area (Å²) in [5.41, 5.74) is 0.223. The van der Waals surface area contributed by atoms with Gasteiger partial charge in [0, 0.05) is 45.2 Å². The molecule has 1 aromatic carbocycles. The SMILES string of the molecule is CN=C(NCCC(=O)N1CCCC(C)C1)NCc1cc(F)ccc1F. The van der Waals surface area contributed by atoms with Crippen LogP contribution in [0, 0.1) is 17.6 Å². The average molecular weight is 352 g/mol. The molecule has 138 valence electrons. The van der Waals surface area contributed by atoms with Crippen LogP contribution in [0.4, 0.5) is 8.78 Å². The Bertz CT molecular complexity index is 621. The normalized spacial score (nSPS) is 18.2. The number of likely N-dealkylation sites (tertiary alicyclic amines) is 1. The first-order valence-electron chi connectivity index (χ1n) is 8.66. The van der Waals surface area contributed by atoms with Gasteiger partial charge in [0.2, 0.25) is 5.91 Å². The molecular formula is C18H26F2N4O. The summed E-state index contributed by atoms with van der Waals surface area (Å²) < 4.78 is 26.8. The first-order valence-corrected chi connectivity index (χ1v) is 8.66. The number of aliphatic imine (C=N–C) groups is 1. The van der Waals surface area contributed by atoms with Crippen LogP contribution in [0.1, 0.15) is 31.7 Å². The van der Waals surface area contributed by atoms with Gasteiger partial charge in [0.15, 0.2) is 5.96 Å². The zero-order chi connectivity index (χ0) is 18.2. The zero-order valence-corrected chi connectivity index (χ0v) is 14.8. The molecule has 0 spiro atoms. The number of piperidine rings is 1. The van der Waals surface area contributed by atoms with E-state index in [1.165, 1.54) is 6.42 Å². The number of benzene rings is 1. The largest absolute Gasteiger partial charge is 0.356 e. The second-order valence-corrected chi connectivity index (χ2v) is 6.43. The highest BCUT2D eigenvalue weighted by atomic mass is 19.1. The molecular weight excluding hydrogens is 326 g/mol. The van der Waals surface area contributed by atoms with Crippen molar-refractivity contribution in [2.24, 2.45) is 10.9 Å². The van der Waals surface area contributed by atoms with Crippen LogP contribution in [0.15, 0.2) is 23.2 Å². The van der Waals surface area contributed by atoms with Gasteiger partial charge in [-0.15, -0.1) is 0 Å². The van der Waals surface area contributed by atoms with Gasteiger partial charge in [-0.2, -0.15) is 0 Å². The maximum Gasteiger partial charge on any atom is 0.224 e. The number of nitrogens with zero attached hydrogens (tertiary/aromatic N) is 2. The molecule has 1 aliphatic heterocycles. The van der Waals surface area contributed by atoms with E-state index >= 15 is 0 Å². The molecule has 1 unspecified atom stereocenters. The Balaban J connectivity index is 1.75. The van der Waals surface area contributed by atoms with E-state index in [0.29, 0.717) is 24.8 Å². The number of hydrogen-bond acceptors (Lipinski definition) is 2. The lowest BCUT2D eigenvalue weighted by molar-refractivity contribution is -0.132. The average Bonchev–Trinajstić information content (AvgIpc) is 2.60. The smallest absolute Gasteiger partial charge is 0.224 e. The minimum Gasteiger partial charge on any atom is -0.356 e. The fourth-order valence-electron chi connectivity index (χ4n) is 2.94. The molecule has 5 nitrogen and oxygen atoms in total. The van der Waals surface area contributed by atoms with E-state index in [2.05, 4.69) is 22.5 Å². The topological polar surface area (TPSA) is 56.7 Å². The van der Waals surface area contributed by atoms with Gasteiger partial charge in [0.25, 0.3) is 0 Å². The van der Waals surface area contributed by atoms with Crippen molar-refractivity contribution >= 4 is 11.9 Å². The molecule has 25 heavy (non-hydrogen) atoms. The lowest BCUT2D eigenvalue weighted by Gasteiger charge is -2.31. The third-order valence-electron chi connectivity index (χ3n) is 4.32. The van der Waals surface area contributed by atoms with E-state index in [0.717, 1.165) is 37.7 Å². The molecule has 1 fully saturated rings. The number of carbonyl (C=O) groups excluding carboxylic acids is 1. The minimum atomic E-state index is -0.484. The molecule has 2 rings (SSSR count). The van der Waals surface area contributed by atoms with Crippen LogP contribution in [0.5, 0.6) is 0 Å². The Morgan fingerprint density at radius 2 is 2.16 bits per heavy atom. The molecule has 0 saturated carbocycles. The molecule has 0 aromatic heterocycles. The maximum absolute atomic E-state index is 13.6. The molecule has 1 saturated heterocycles. The molecule has 1 heterocycles. The van der Waals surface area contributed by atoms with Crippen LogP contribution < -0.4 is 10.6 Å². The number of halogens is 2. The Labute approximate surface area is 147 Å². The monoisotopic (exact) mass is 352 g/mol. The van der Waals surface area contributed by atoms with Crippen LogP contribution >= 0.6 is 0 Å². The summed E-state index contributed by atoms with van der Waals surface area (Å²) in [4.78, 5) is 18.2. The van der Waals surface area contributed by atoms with E-state index < -0.39 is 11.6 Å². The second-order valence-electron chi connectivity index (χ2n) is 6.43. The summed E-state index contributed by atoms with van der Waals surface area (Å²) >= 11 is 0. The number of amides is 1. The van der Waals surface area contributed by atoms with E-state index in [4.69, 9.17) is 0 Å². The molecule has 0 aliphatic carbocycles. The van der Waals surface area contributed by atoms with Crippen LogP contribution in [-0.2, 0) is 11.3 Å². The van der Waals surface area contributed by atoms with Gasteiger partial charge in [0.05, 0.1) is 0 Å². The van der Waals surface area contributed by atoms with Gasteiger partial charge in [-0.05, 0) is 37.0 Å². The molecule has 0 bridgehead atoms. The second kappa shape index (κ2) is 9.34. The predicted octanol–water partition coefficient (Wildman–Crippen LogP) is 2.28. The highest BCUT2D eigenvalue weighted by molar-refractivity contribution is 5.81. The van der Waals surface area contributed by atoms with E-state index in [1.54, 1.807) is 7.05 Å². The third-order valence-corrected chi connectivity index (χ3v) is 4.32. The van der Waals surface area contributed by atoms with Gasteiger partial charge in [-0.25, -0.2) is 8.78 Å². The van der Waals surface area contributed by atoms with Crippen LogP contribution in [0.3, 0.4) is 0 Å². The van der Waals surface area contributed by atoms with Crippen molar-refractivity contribution in [1.29, 1.82) is 0 Å². The van der Waals surface area contributed by atoms with E-state index in [1.807, 2.05) is 4.90 Å². The molecule has 1 amide bonds. The maximum atomic E-state index is 13.6. The summed E-state index contributed by atoms with van der Waals surface area (Å²) in [5, 5.41) is 5.95. The molecule has 1 atom stereocenters. The summed E-state index contributed by atoms with van der Waals surface area (Å²) in [6.07, 6.45) is 2.61. The lowest BCUT2D eigenvalue weighted by atomic mass is 10.00. The van der Waals surface area contributed by atoms with Crippen LogP contribution in [-0.4, -0.2) is 43.4 Å².